The molecular weight excluding hydrogens is 233 g/mol. The van der Waals surface area contributed by atoms with Crippen LogP contribution in [0.5, 0.6) is 0 Å². The Labute approximate surface area is 99.6 Å². The van der Waals surface area contributed by atoms with E-state index in [1.165, 1.54) is 12.8 Å². The normalized spacial score (nSPS) is 15.6. The minimum atomic E-state index is 0.451. The van der Waals surface area contributed by atoms with Gasteiger partial charge in [-0.25, -0.2) is 4.98 Å². The average molecular weight is 246 g/mol. The van der Waals surface area contributed by atoms with Crippen LogP contribution in [-0.2, 0) is 11.3 Å². The highest BCUT2D eigenvalue weighted by atomic mass is 35.5. The lowest BCUT2D eigenvalue weighted by Gasteiger charge is -2.05. The molecule has 2 nitrogen and oxygen atoms in total. The molecule has 0 amide bonds. The molecule has 1 aliphatic carbocycles. The van der Waals surface area contributed by atoms with E-state index in [2.05, 4.69) is 4.98 Å². The van der Waals surface area contributed by atoms with Crippen molar-refractivity contribution in [2.45, 2.75) is 25.9 Å². The van der Waals surface area contributed by atoms with Gasteiger partial charge in [-0.05, 0) is 24.5 Å². The van der Waals surface area contributed by atoms with Gasteiger partial charge in [0, 0.05) is 6.61 Å². The molecule has 0 atom stereocenters. The smallest absolute Gasteiger partial charge is 0.129 e. The summed E-state index contributed by atoms with van der Waals surface area (Å²) in [7, 11) is 0. The number of pyridine rings is 1. The molecule has 0 N–H and O–H groups in total. The first-order chi connectivity index (χ1) is 7.25. The van der Waals surface area contributed by atoms with Gasteiger partial charge in [-0.1, -0.05) is 36.0 Å². The minimum Gasteiger partial charge on any atom is -0.375 e. The van der Waals surface area contributed by atoms with Crippen molar-refractivity contribution in [3.05, 3.63) is 28.0 Å². The number of aromatic nitrogens is 1. The number of halogens is 2. The highest BCUT2D eigenvalue weighted by molar-refractivity contribution is 6.32. The van der Waals surface area contributed by atoms with Gasteiger partial charge >= 0.3 is 0 Å². The quantitative estimate of drug-likeness (QED) is 0.583. The van der Waals surface area contributed by atoms with Crippen LogP contribution >= 0.6 is 23.2 Å². The lowest BCUT2D eigenvalue weighted by Crippen LogP contribution is -1.99. The van der Waals surface area contributed by atoms with Gasteiger partial charge < -0.3 is 4.74 Å². The molecule has 1 aliphatic rings. The Morgan fingerprint density at radius 1 is 1.33 bits per heavy atom. The van der Waals surface area contributed by atoms with Crippen LogP contribution in [-0.4, -0.2) is 11.6 Å². The van der Waals surface area contributed by atoms with Crippen molar-refractivity contribution in [1.29, 1.82) is 0 Å². The van der Waals surface area contributed by atoms with E-state index in [0.717, 1.165) is 24.6 Å². The van der Waals surface area contributed by atoms with Gasteiger partial charge in [0.05, 0.1) is 17.3 Å². The number of hydrogen-bond acceptors (Lipinski definition) is 2. The standard InChI is InChI=1S/C11H13Cl2NO/c12-9-3-4-11(13)14-10(9)7-15-6-5-8-1-2-8/h3-4,8H,1-2,5-7H2. The second kappa shape index (κ2) is 5.15. The zero-order chi connectivity index (χ0) is 10.7. The molecule has 2 rings (SSSR count). The van der Waals surface area contributed by atoms with Crippen LogP contribution in [0.4, 0.5) is 0 Å². The minimum absolute atomic E-state index is 0.451. The Bertz CT molecular complexity index is 339. The second-order valence-corrected chi connectivity index (χ2v) is 4.64. The van der Waals surface area contributed by atoms with Crippen molar-refractivity contribution < 1.29 is 4.74 Å². The summed E-state index contributed by atoms with van der Waals surface area (Å²) in [5, 5.41) is 1.08. The van der Waals surface area contributed by atoms with E-state index < -0.39 is 0 Å². The molecular formula is C11H13Cl2NO. The molecule has 4 heteroatoms. The van der Waals surface area contributed by atoms with Crippen LogP contribution in [0.25, 0.3) is 0 Å². The van der Waals surface area contributed by atoms with Gasteiger partial charge in [0.25, 0.3) is 0 Å². The molecule has 0 saturated heterocycles. The largest absolute Gasteiger partial charge is 0.375 e. The number of ether oxygens (including phenoxy) is 1. The maximum atomic E-state index is 5.95. The zero-order valence-corrected chi connectivity index (χ0v) is 9.89. The fourth-order valence-corrected chi connectivity index (χ4v) is 1.71. The molecule has 0 spiro atoms. The molecule has 0 radical (unpaired) electrons. The zero-order valence-electron chi connectivity index (χ0n) is 8.38. The van der Waals surface area contributed by atoms with Crippen molar-refractivity contribution in [1.82, 2.24) is 4.98 Å². The van der Waals surface area contributed by atoms with Crippen LogP contribution in [0.1, 0.15) is 25.0 Å². The summed E-state index contributed by atoms with van der Waals surface area (Å²) >= 11 is 11.7. The van der Waals surface area contributed by atoms with Crippen LogP contribution in [0, 0.1) is 5.92 Å². The van der Waals surface area contributed by atoms with Crippen LogP contribution in [0.2, 0.25) is 10.2 Å². The molecule has 15 heavy (non-hydrogen) atoms. The van der Waals surface area contributed by atoms with Crippen molar-refractivity contribution in [3.63, 3.8) is 0 Å². The van der Waals surface area contributed by atoms with Gasteiger partial charge in [0.2, 0.25) is 0 Å². The molecule has 1 aromatic heterocycles. The van der Waals surface area contributed by atoms with Gasteiger partial charge in [-0.15, -0.1) is 0 Å². The predicted molar refractivity (Wildman–Crippen MR) is 61.3 cm³/mol. The van der Waals surface area contributed by atoms with E-state index in [-0.39, 0.29) is 0 Å². The topological polar surface area (TPSA) is 22.1 Å². The fraction of sp³-hybridized carbons (Fsp3) is 0.545. The average Bonchev–Trinajstić information content (AvgIpc) is 3.01. The van der Waals surface area contributed by atoms with Crippen molar-refractivity contribution in [2.75, 3.05) is 6.61 Å². The first-order valence-electron chi connectivity index (χ1n) is 5.14. The van der Waals surface area contributed by atoms with Crippen molar-refractivity contribution >= 4 is 23.2 Å². The van der Waals surface area contributed by atoms with Gasteiger partial charge in [-0.2, -0.15) is 0 Å². The monoisotopic (exact) mass is 245 g/mol. The van der Waals surface area contributed by atoms with Crippen LogP contribution < -0.4 is 0 Å². The number of rotatable bonds is 5. The molecule has 82 valence electrons. The molecule has 0 bridgehead atoms. The molecule has 1 aromatic rings. The summed E-state index contributed by atoms with van der Waals surface area (Å²) in [4.78, 5) is 4.11. The SMILES string of the molecule is Clc1ccc(Cl)c(COCCC2CC2)n1. The summed E-state index contributed by atoms with van der Waals surface area (Å²) in [5.41, 5.74) is 0.722. The Morgan fingerprint density at radius 3 is 2.87 bits per heavy atom. The highest BCUT2D eigenvalue weighted by Gasteiger charge is 2.20. The first kappa shape index (κ1) is 11.2. The van der Waals surface area contributed by atoms with E-state index in [0.29, 0.717) is 16.8 Å². The number of hydrogen-bond donors (Lipinski definition) is 0. The molecule has 1 fully saturated rings. The van der Waals surface area contributed by atoms with Gasteiger partial charge in [0.15, 0.2) is 0 Å². The van der Waals surface area contributed by atoms with Crippen molar-refractivity contribution in [2.24, 2.45) is 5.92 Å². The Balaban J connectivity index is 1.78. The second-order valence-electron chi connectivity index (χ2n) is 3.85. The van der Waals surface area contributed by atoms with E-state index in [1.54, 1.807) is 12.1 Å². The lowest BCUT2D eigenvalue weighted by molar-refractivity contribution is 0.112. The van der Waals surface area contributed by atoms with E-state index in [1.807, 2.05) is 0 Å². The van der Waals surface area contributed by atoms with E-state index >= 15 is 0 Å². The van der Waals surface area contributed by atoms with Crippen LogP contribution in [0.3, 0.4) is 0 Å². The third kappa shape index (κ3) is 3.63. The predicted octanol–water partition coefficient (Wildman–Crippen LogP) is 3.71. The fourth-order valence-electron chi connectivity index (χ4n) is 1.38. The maximum Gasteiger partial charge on any atom is 0.129 e. The summed E-state index contributed by atoms with van der Waals surface area (Å²) in [6, 6.07) is 3.42. The Morgan fingerprint density at radius 2 is 2.13 bits per heavy atom. The third-order valence-corrected chi connectivity index (χ3v) is 3.05. The van der Waals surface area contributed by atoms with Gasteiger partial charge in [0.1, 0.15) is 5.15 Å². The molecule has 0 aromatic carbocycles. The molecule has 1 heterocycles. The highest BCUT2D eigenvalue weighted by Crippen LogP contribution is 2.32. The van der Waals surface area contributed by atoms with Gasteiger partial charge in [-0.3, -0.25) is 0 Å². The third-order valence-electron chi connectivity index (χ3n) is 2.49. The maximum absolute atomic E-state index is 5.95. The van der Waals surface area contributed by atoms with E-state index in [9.17, 15) is 0 Å². The first-order valence-corrected chi connectivity index (χ1v) is 5.90. The van der Waals surface area contributed by atoms with E-state index in [4.69, 9.17) is 27.9 Å². The van der Waals surface area contributed by atoms with Crippen LogP contribution in [0.15, 0.2) is 12.1 Å². The summed E-state index contributed by atoms with van der Waals surface area (Å²) in [5.74, 6) is 0.896. The Hall–Kier alpha value is -0.310. The molecule has 0 aliphatic heterocycles. The lowest BCUT2D eigenvalue weighted by atomic mass is 10.3. The molecule has 0 unspecified atom stereocenters. The number of nitrogens with zero attached hydrogens (tertiary/aromatic N) is 1. The summed E-state index contributed by atoms with van der Waals surface area (Å²) < 4.78 is 5.50. The summed E-state index contributed by atoms with van der Waals surface area (Å²) in [6.45, 7) is 1.24. The Kier molecular flexibility index (Phi) is 3.84. The summed E-state index contributed by atoms with van der Waals surface area (Å²) in [6.07, 6.45) is 3.87. The molecule has 1 saturated carbocycles. The van der Waals surface area contributed by atoms with Crippen molar-refractivity contribution in [3.8, 4) is 0 Å².